The normalized spacial score (nSPS) is 16.6. The molecule has 1 aromatic carbocycles. The summed E-state index contributed by atoms with van der Waals surface area (Å²) in [6.07, 6.45) is 3.83. The molecule has 0 radical (unpaired) electrons. The average Bonchev–Trinajstić information content (AvgIpc) is 3.13. The summed E-state index contributed by atoms with van der Waals surface area (Å²) in [7, 11) is 1.73. The van der Waals surface area contributed by atoms with E-state index in [0.717, 1.165) is 11.6 Å². The highest BCUT2D eigenvalue weighted by atomic mass is 19.1. The largest absolute Gasteiger partial charge is 0.391 e. The Morgan fingerprint density at radius 2 is 1.88 bits per heavy atom. The molecule has 0 aliphatic carbocycles. The van der Waals surface area contributed by atoms with Crippen LogP contribution in [-0.4, -0.2) is 50.0 Å². The lowest BCUT2D eigenvalue weighted by atomic mass is 10.1. The van der Waals surface area contributed by atoms with Gasteiger partial charge in [-0.15, -0.1) is 0 Å². The van der Waals surface area contributed by atoms with E-state index in [9.17, 15) is 18.7 Å². The molecule has 3 heterocycles. The number of aryl methyl sites for hydroxylation is 3. The molecule has 1 aliphatic heterocycles. The highest BCUT2D eigenvalue weighted by Gasteiger charge is 2.36. The Morgan fingerprint density at radius 3 is 2.56 bits per heavy atom. The minimum atomic E-state index is -0.857. The van der Waals surface area contributed by atoms with Gasteiger partial charge in [0.2, 0.25) is 5.91 Å². The third-order valence-electron chi connectivity index (χ3n) is 5.43. The molecule has 3 aromatic rings. The van der Waals surface area contributed by atoms with Crippen molar-refractivity contribution < 1.29 is 18.7 Å². The summed E-state index contributed by atoms with van der Waals surface area (Å²) >= 11 is 0. The number of aliphatic hydroxyl groups is 1. The Morgan fingerprint density at radius 1 is 1.16 bits per heavy atom. The van der Waals surface area contributed by atoms with Crippen LogP contribution in [0, 0.1) is 18.6 Å². The first kappa shape index (κ1) is 21.8. The Labute approximate surface area is 183 Å². The van der Waals surface area contributed by atoms with E-state index < -0.39 is 23.8 Å². The standard InChI is InChI=1S/C22H24F2N6O2/c1-12-19-21(29(3)20(13(2)31)22(32)28-19)27-18(26-12)5-4-14-9-25-30(10-14)11-15-6-16(23)8-17(24)7-15/h6-10,13,20,31H,4-5,11H2,1-3H3,(H,28,32)/t13-,20+/m1/s1. The van der Waals surface area contributed by atoms with Crippen molar-refractivity contribution in [2.24, 2.45) is 0 Å². The first-order chi connectivity index (χ1) is 15.2. The van der Waals surface area contributed by atoms with Crippen LogP contribution < -0.4 is 10.2 Å². The van der Waals surface area contributed by atoms with Crippen LogP contribution in [0.3, 0.4) is 0 Å². The lowest BCUT2D eigenvalue weighted by Gasteiger charge is -2.36. The van der Waals surface area contributed by atoms with Gasteiger partial charge in [0, 0.05) is 25.7 Å². The summed E-state index contributed by atoms with van der Waals surface area (Å²) < 4.78 is 28.4. The number of nitrogens with one attached hydrogen (secondary N) is 1. The fraction of sp³-hybridized carbons (Fsp3) is 0.364. The molecule has 2 aromatic heterocycles. The van der Waals surface area contributed by atoms with E-state index in [1.54, 1.807) is 36.7 Å². The maximum atomic E-state index is 13.4. The maximum Gasteiger partial charge on any atom is 0.249 e. The number of amides is 1. The van der Waals surface area contributed by atoms with E-state index in [-0.39, 0.29) is 12.5 Å². The van der Waals surface area contributed by atoms with Gasteiger partial charge in [0.15, 0.2) is 5.82 Å². The molecule has 0 fully saturated rings. The lowest BCUT2D eigenvalue weighted by molar-refractivity contribution is -0.119. The fourth-order valence-electron chi connectivity index (χ4n) is 3.94. The zero-order valence-electron chi connectivity index (χ0n) is 18.0. The monoisotopic (exact) mass is 442 g/mol. The number of halogens is 2. The van der Waals surface area contributed by atoms with Gasteiger partial charge in [0.05, 0.1) is 24.5 Å². The number of carbonyl (C=O) groups excluding carboxylic acids is 1. The number of hydrogen-bond acceptors (Lipinski definition) is 6. The van der Waals surface area contributed by atoms with Gasteiger partial charge in [-0.05, 0) is 43.5 Å². The van der Waals surface area contributed by atoms with E-state index >= 15 is 0 Å². The summed E-state index contributed by atoms with van der Waals surface area (Å²) in [5.41, 5.74) is 2.62. The second-order valence-corrected chi connectivity index (χ2v) is 8.03. The van der Waals surface area contributed by atoms with E-state index in [4.69, 9.17) is 0 Å². The van der Waals surface area contributed by atoms with Crippen molar-refractivity contribution in [1.29, 1.82) is 0 Å². The van der Waals surface area contributed by atoms with Gasteiger partial charge in [-0.1, -0.05) is 0 Å². The minimum absolute atomic E-state index is 0.258. The number of fused-ring (bicyclic) bond motifs is 1. The third kappa shape index (κ3) is 4.45. The Bertz CT molecular complexity index is 1140. The van der Waals surface area contributed by atoms with E-state index in [1.165, 1.54) is 12.1 Å². The molecular weight excluding hydrogens is 418 g/mol. The number of benzene rings is 1. The molecule has 0 spiro atoms. The van der Waals surface area contributed by atoms with Crippen LogP contribution in [0.5, 0.6) is 0 Å². The summed E-state index contributed by atoms with van der Waals surface area (Å²) in [6, 6.07) is 2.68. The van der Waals surface area contributed by atoms with Gasteiger partial charge in [0.1, 0.15) is 29.2 Å². The van der Waals surface area contributed by atoms with Gasteiger partial charge in [-0.25, -0.2) is 18.7 Å². The molecule has 0 unspecified atom stereocenters. The van der Waals surface area contributed by atoms with Crippen molar-refractivity contribution in [3.8, 4) is 0 Å². The van der Waals surface area contributed by atoms with Crippen molar-refractivity contribution in [1.82, 2.24) is 19.7 Å². The fourth-order valence-corrected chi connectivity index (χ4v) is 3.94. The Kier molecular flexibility index (Phi) is 5.88. The molecule has 4 rings (SSSR count). The van der Waals surface area contributed by atoms with E-state index in [0.29, 0.717) is 41.4 Å². The Balaban J connectivity index is 1.47. The molecular formula is C22H24F2N6O2. The van der Waals surface area contributed by atoms with Gasteiger partial charge < -0.3 is 15.3 Å². The van der Waals surface area contributed by atoms with Crippen LogP contribution in [0.2, 0.25) is 0 Å². The zero-order valence-corrected chi connectivity index (χ0v) is 18.0. The summed E-state index contributed by atoms with van der Waals surface area (Å²) in [4.78, 5) is 23.1. The second-order valence-electron chi connectivity index (χ2n) is 8.03. The number of hydrogen-bond donors (Lipinski definition) is 2. The molecule has 8 nitrogen and oxygen atoms in total. The first-order valence-electron chi connectivity index (χ1n) is 10.3. The highest BCUT2D eigenvalue weighted by molar-refractivity contribution is 6.03. The van der Waals surface area contributed by atoms with Gasteiger partial charge in [0.25, 0.3) is 0 Å². The molecule has 32 heavy (non-hydrogen) atoms. The lowest BCUT2D eigenvalue weighted by Crippen LogP contribution is -2.52. The Hall–Kier alpha value is -3.40. The van der Waals surface area contributed by atoms with Crippen molar-refractivity contribution in [3.05, 3.63) is 64.9 Å². The number of carbonyl (C=O) groups is 1. The van der Waals surface area contributed by atoms with Crippen molar-refractivity contribution in [3.63, 3.8) is 0 Å². The number of rotatable bonds is 6. The van der Waals surface area contributed by atoms with Crippen LogP contribution in [0.1, 0.15) is 29.6 Å². The van der Waals surface area contributed by atoms with Crippen molar-refractivity contribution >= 4 is 17.4 Å². The number of aliphatic hydroxyl groups excluding tert-OH is 1. The van der Waals surface area contributed by atoms with Gasteiger partial charge >= 0.3 is 0 Å². The van der Waals surface area contributed by atoms with E-state index in [2.05, 4.69) is 20.4 Å². The molecule has 1 amide bonds. The molecule has 2 N–H and O–H groups in total. The zero-order chi connectivity index (χ0) is 23.0. The quantitative estimate of drug-likeness (QED) is 0.608. The molecule has 168 valence electrons. The first-order valence-corrected chi connectivity index (χ1v) is 10.3. The second kappa shape index (κ2) is 8.62. The predicted octanol–water partition coefficient (Wildman–Crippen LogP) is 2.23. The van der Waals surface area contributed by atoms with Crippen LogP contribution in [0.4, 0.5) is 20.3 Å². The van der Waals surface area contributed by atoms with Crippen LogP contribution in [0.25, 0.3) is 0 Å². The number of aromatic nitrogens is 4. The number of likely N-dealkylation sites (N-methyl/N-ethyl adjacent to an activating group) is 1. The topological polar surface area (TPSA) is 96.2 Å². The van der Waals surface area contributed by atoms with Crippen LogP contribution >= 0.6 is 0 Å². The highest BCUT2D eigenvalue weighted by Crippen LogP contribution is 2.32. The molecule has 2 atom stereocenters. The van der Waals surface area contributed by atoms with Gasteiger partial charge in [-0.3, -0.25) is 9.48 Å². The molecule has 1 aliphatic rings. The smallest absolute Gasteiger partial charge is 0.249 e. The van der Waals surface area contributed by atoms with Gasteiger partial charge in [-0.2, -0.15) is 5.10 Å². The average molecular weight is 442 g/mol. The van der Waals surface area contributed by atoms with Crippen LogP contribution in [0.15, 0.2) is 30.6 Å². The van der Waals surface area contributed by atoms with Crippen LogP contribution in [-0.2, 0) is 24.2 Å². The SMILES string of the molecule is Cc1nc(CCc2cnn(Cc3cc(F)cc(F)c3)c2)nc2c1NC(=O)[C@H]([C@@H](C)O)N2C. The third-order valence-corrected chi connectivity index (χ3v) is 5.43. The van der Waals surface area contributed by atoms with E-state index in [1.807, 2.05) is 6.20 Å². The number of nitrogens with zero attached hydrogens (tertiary/aromatic N) is 5. The molecule has 0 saturated carbocycles. The predicted molar refractivity (Wildman–Crippen MR) is 114 cm³/mol. The maximum absolute atomic E-state index is 13.4. The summed E-state index contributed by atoms with van der Waals surface area (Å²) in [5, 5.41) is 17.0. The van der Waals surface area contributed by atoms with Crippen molar-refractivity contribution in [2.45, 2.75) is 45.4 Å². The summed E-state index contributed by atoms with van der Waals surface area (Å²) in [5.74, 6) is -0.354. The van der Waals surface area contributed by atoms with Crippen molar-refractivity contribution in [2.75, 3.05) is 17.3 Å². The molecule has 0 saturated heterocycles. The molecule has 0 bridgehead atoms. The molecule has 10 heteroatoms. The summed E-state index contributed by atoms with van der Waals surface area (Å²) in [6.45, 7) is 3.63. The minimum Gasteiger partial charge on any atom is -0.391 e. The number of anilines is 2.